The van der Waals surface area contributed by atoms with Gasteiger partial charge in [-0.1, -0.05) is 45.0 Å². The number of hydrogen-bond donors (Lipinski definition) is 0. The second kappa shape index (κ2) is 6.24. The SMILES string of the molecule is CC(C)(C)c1ccc(S(=O)Cc2cccc(C#N)c2)cc1. The van der Waals surface area contributed by atoms with Crippen molar-refractivity contribution < 1.29 is 4.21 Å². The highest BCUT2D eigenvalue weighted by atomic mass is 32.2. The van der Waals surface area contributed by atoms with Gasteiger partial charge >= 0.3 is 0 Å². The summed E-state index contributed by atoms with van der Waals surface area (Å²) < 4.78 is 12.4. The topological polar surface area (TPSA) is 40.9 Å². The Bertz CT molecular complexity index is 690. The molecule has 2 aromatic rings. The Morgan fingerprint density at radius 2 is 1.76 bits per heavy atom. The van der Waals surface area contributed by atoms with Crippen LogP contribution in [0, 0.1) is 11.3 Å². The normalized spacial score (nSPS) is 12.7. The van der Waals surface area contributed by atoms with Gasteiger partial charge < -0.3 is 0 Å². The van der Waals surface area contributed by atoms with E-state index in [4.69, 9.17) is 5.26 Å². The fraction of sp³-hybridized carbons (Fsp3) is 0.278. The minimum atomic E-state index is -1.09. The largest absolute Gasteiger partial charge is 0.254 e. The third-order valence-electron chi connectivity index (χ3n) is 3.34. The van der Waals surface area contributed by atoms with Crippen molar-refractivity contribution >= 4 is 10.8 Å². The van der Waals surface area contributed by atoms with Crippen LogP contribution in [0.15, 0.2) is 53.4 Å². The van der Waals surface area contributed by atoms with E-state index in [0.29, 0.717) is 11.3 Å². The number of benzene rings is 2. The van der Waals surface area contributed by atoms with Gasteiger partial charge in [-0.2, -0.15) is 5.26 Å². The molecule has 0 saturated carbocycles. The first-order chi connectivity index (χ1) is 9.90. The molecule has 0 fully saturated rings. The molecule has 0 aliphatic carbocycles. The molecular formula is C18H19NOS. The van der Waals surface area contributed by atoms with Crippen LogP contribution < -0.4 is 0 Å². The molecule has 0 N–H and O–H groups in total. The van der Waals surface area contributed by atoms with Gasteiger partial charge in [0.25, 0.3) is 0 Å². The smallest absolute Gasteiger partial charge is 0.0991 e. The van der Waals surface area contributed by atoms with E-state index in [0.717, 1.165) is 10.5 Å². The average molecular weight is 297 g/mol. The molecule has 2 rings (SSSR count). The Morgan fingerprint density at radius 3 is 2.33 bits per heavy atom. The minimum Gasteiger partial charge on any atom is -0.254 e. The summed E-state index contributed by atoms with van der Waals surface area (Å²) in [6.07, 6.45) is 0. The van der Waals surface area contributed by atoms with Crippen molar-refractivity contribution in [3.63, 3.8) is 0 Å². The zero-order chi connectivity index (χ0) is 15.5. The lowest BCUT2D eigenvalue weighted by atomic mass is 9.87. The zero-order valence-electron chi connectivity index (χ0n) is 12.6. The monoisotopic (exact) mass is 297 g/mol. The van der Waals surface area contributed by atoms with Crippen LogP contribution in [0.3, 0.4) is 0 Å². The first-order valence-corrected chi connectivity index (χ1v) is 8.20. The molecule has 21 heavy (non-hydrogen) atoms. The summed E-state index contributed by atoms with van der Waals surface area (Å²) in [5, 5.41) is 8.89. The lowest BCUT2D eigenvalue weighted by Crippen LogP contribution is -2.10. The third-order valence-corrected chi connectivity index (χ3v) is 4.73. The first-order valence-electron chi connectivity index (χ1n) is 6.88. The van der Waals surface area contributed by atoms with Gasteiger partial charge in [0.05, 0.1) is 28.2 Å². The lowest BCUT2D eigenvalue weighted by molar-refractivity contribution is 0.589. The Hall–Kier alpha value is -1.92. The predicted octanol–water partition coefficient (Wildman–Crippen LogP) is 4.16. The predicted molar refractivity (Wildman–Crippen MR) is 86.4 cm³/mol. The van der Waals surface area contributed by atoms with Crippen LogP contribution in [0.4, 0.5) is 0 Å². The van der Waals surface area contributed by atoms with Crippen molar-refractivity contribution in [2.75, 3.05) is 0 Å². The van der Waals surface area contributed by atoms with Gasteiger partial charge in [0, 0.05) is 4.90 Å². The fourth-order valence-corrected chi connectivity index (χ4v) is 3.16. The van der Waals surface area contributed by atoms with Gasteiger partial charge in [0.15, 0.2) is 0 Å². The second-order valence-electron chi connectivity index (χ2n) is 6.08. The molecule has 0 saturated heterocycles. The van der Waals surface area contributed by atoms with Crippen molar-refractivity contribution in [2.24, 2.45) is 0 Å². The summed E-state index contributed by atoms with van der Waals surface area (Å²) in [5.74, 6) is 0.435. The van der Waals surface area contributed by atoms with Gasteiger partial charge in [0.2, 0.25) is 0 Å². The molecule has 0 spiro atoms. The number of hydrogen-bond acceptors (Lipinski definition) is 2. The van der Waals surface area contributed by atoms with Crippen LogP contribution in [0.5, 0.6) is 0 Å². The van der Waals surface area contributed by atoms with E-state index in [2.05, 4.69) is 26.8 Å². The molecule has 0 bridgehead atoms. The summed E-state index contributed by atoms with van der Waals surface area (Å²) in [7, 11) is -1.09. The summed E-state index contributed by atoms with van der Waals surface area (Å²) >= 11 is 0. The van der Waals surface area contributed by atoms with Crippen molar-refractivity contribution in [3.05, 3.63) is 65.2 Å². The highest BCUT2D eigenvalue weighted by Gasteiger charge is 2.14. The maximum atomic E-state index is 12.4. The van der Waals surface area contributed by atoms with Crippen LogP contribution >= 0.6 is 0 Å². The molecule has 1 atom stereocenters. The van der Waals surface area contributed by atoms with Crippen LogP contribution in [0.2, 0.25) is 0 Å². The highest BCUT2D eigenvalue weighted by Crippen LogP contribution is 2.23. The van der Waals surface area contributed by atoms with Crippen LogP contribution in [0.25, 0.3) is 0 Å². The van der Waals surface area contributed by atoms with E-state index >= 15 is 0 Å². The van der Waals surface area contributed by atoms with Gasteiger partial charge in [-0.3, -0.25) is 4.21 Å². The standard InChI is InChI=1S/C18H19NOS/c1-18(2,3)16-7-9-17(10-8-16)21(20)13-15-6-4-5-14(11-15)12-19/h4-11H,13H2,1-3H3. The molecular weight excluding hydrogens is 278 g/mol. The molecule has 0 aromatic heterocycles. The summed E-state index contributed by atoms with van der Waals surface area (Å²) in [5.41, 5.74) is 2.86. The average Bonchev–Trinajstić information content (AvgIpc) is 2.46. The molecule has 0 aliphatic rings. The Labute approximate surface area is 128 Å². The first kappa shape index (κ1) is 15.5. The molecule has 0 amide bonds. The highest BCUT2D eigenvalue weighted by molar-refractivity contribution is 7.84. The van der Waals surface area contributed by atoms with Crippen molar-refractivity contribution in [2.45, 2.75) is 36.8 Å². The van der Waals surface area contributed by atoms with E-state index in [-0.39, 0.29) is 5.41 Å². The Balaban J connectivity index is 2.15. The lowest BCUT2D eigenvalue weighted by Gasteiger charge is -2.19. The molecule has 0 aliphatic heterocycles. The van der Waals surface area contributed by atoms with Gasteiger partial charge in [-0.25, -0.2) is 0 Å². The summed E-state index contributed by atoms with van der Waals surface area (Å²) in [6, 6.07) is 17.3. The van der Waals surface area contributed by atoms with E-state index in [1.165, 1.54) is 5.56 Å². The Morgan fingerprint density at radius 1 is 1.10 bits per heavy atom. The molecule has 3 heteroatoms. The molecule has 0 heterocycles. The fourth-order valence-electron chi connectivity index (χ4n) is 2.07. The second-order valence-corrected chi connectivity index (χ2v) is 7.53. The quantitative estimate of drug-likeness (QED) is 0.853. The van der Waals surface area contributed by atoms with Gasteiger partial charge in [0.1, 0.15) is 0 Å². The van der Waals surface area contributed by atoms with Crippen molar-refractivity contribution in [1.82, 2.24) is 0 Å². The molecule has 2 aromatic carbocycles. The van der Waals surface area contributed by atoms with E-state index < -0.39 is 10.8 Å². The summed E-state index contributed by atoms with van der Waals surface area (Å²) in [4.78, 5) is 0.824. The Kier molecular flexibility index (Phi) is 4.59. The minimum absolute atomic E-state index is 0.0984. The van der Waals surface area contributed by atoms with Crippen molar-refractivity contribution in [1.29, 1.82) is 5.26 Å². The maximum absolute atomic E-state index is 12.4. The third kappa shape index (κ3) is 4.03. The van der Waals surface area contributed by atoms with E-state index in [1.807, 2.05) is 36.4 Å². The summed E-state index contributed by atoms with van der Waals surface area (Å²) in [6.45, 7) is 6.48. The molecule has 2 nitrogen and oxygen atoms in total. The number of nitrogens with zero attached hydrogens (tertiary/aromatic N) is 1. The molecule has 1 unspecified atom stereocenters. The van der Waals surface area contributed by atoms with E-state index in [9.17, 15) is 4.21 Å². The van der Waals surface area contributed by atoms with Crippen LogP contribution in [-0.2, 0) is 22.0 Å². The maximum Gasteiger partial charge on any atom is 0.0991 e. The molecule has 108 valence electrons. The number of rotatable bonds is 3. The van der Waals surface area contributed by atoms with Crippen molar-refractivity contribution in [3.8, 4) is 6.07 Å². The van der Waals surface area contributed by atoms with Crippen LogP contribution in [0.1, 0.15) is 37.5 Å². The molecule has 0 radical (unpaired) electrons. The van der Waals surface area contributed by atoms with Gasteiger partial charge in [-0.15, -0.1) is 0 Å². The van der Waals surface area contributed by atoms with Gasteiger partial charge in [-0.05, 0) is 40.8 Å². The van der Waals surface area contributed by atoms with E-state index in [1.54, 1.807) is 12.1 Å². The van der Waals surface area contributed by atoms with Crippen LogP contribution in [-0.4, -0.2) is 4.21 Å². The number of nitriles is 1. The zero-order valence-corrected chi connectivity index (χ0v) is 13.4.